The molecule has 0 saturated carbocycles. The molecule has 0 bridgehead atoms. The first kappa shape index (κ1) is 15.6. The molecule has 0 fully saturated rings. The van der Waals surface area contributed by atoms with Gasteiger partial charge in [0.05, 0.1) is 6.42 Å². The number of benzene rings is 1. The van der Waals surface area contributed by atoms with Crippen LogP contribution in [0.1, 0.15) is 28.9 Å². The highest BCUT2D eigenvalue weighted by molar-refractivity contribution is 5.97. The van der Waals surface area contributed by atoms with E-state index in [0.717, 1.165) is 10.9 Å². The van der Waals surface area contributed by atoms with Crippen molar-refractivity contribution in [3.05, 3.63) is 35.5 Å². The van der Waals surface area contributed by atoms with Gasteiger partial charge in [-0.15, -0.1) is 0 Å². The number of carboxylic acids is 2. The molecule has 0 spiro atoms. The van der Waals surface area contributed by atoms with Crippen LogP contribution in [-0.4, -0.2) is 39.6 Å². The molecule has 0 aliphatic rings. The van der Waals surface area contributed by atoms with Crippen molar-refractivity contribution in [1.82, 2.24) is 10.3 Å². The zero-order valence-electron chi connectivity index (χ0n) is 11.8. The molecule has 2 rings (SSSR count). The Bertz CT molecular complexity index is 720. The van der Waals surface area contributed by atoms with E-state index in [1.54, 1.807) is 6.07 Å². The molecule has 116 valence electrons. The van der Waals surface area contributed by atoms with E-state index in [9.17, 15) is 19.5 Å². The van der Waals surface area contributed by atoms with Crippen molar-refractivity contribution in [2.45, 2.75) is 19.3 Å². The van der Waals surface area contributed by atoms with Gasteiger partial charge in [0, 0.05) is 23.9 Å². The smallest absolute Gasteiger partial charge is 0.352 e. The number of hydrogen-bond acceptors (Lipinski definition) is 3. The number of amides is 1. The fourth-order valence-electron chi connectivity index (χ4n) is 2.28. The summed E-state index contributed by atoms with van der Waals surface area (Å²) >= 11 is 0. The maximum atomic E-state index is 11.5. The molecule has 0 aliphatic carbocycles. The van der Waals surface area contributed by atoms with Crippen LogP contribution < -0.4 is 5.32 Å². The van der Waals surface area contributed by atoms with Crippen LogP contribution >= 0.6 is 0 Å². The Hall–Kier alpha value is -2.83. The molecule has 4 N–H and O–H groups in total. The van der Waals surface area contributed by atoms with Gasteiger partial charge in [0.15, 0.2) is 0 Å². The highest BCUT2D eigenvalue weighted by Crippen LogP contribution is 2.22. The van der Waals surface area contributed by atoms with Gasteiger partial charge in [-0.2, -0.15) is 0 Å². The van der Waals surface area contributed by atoms with Crippen LogP contribution in [0.2, 0.25) is 0 Å². The summed E-state index contributed by atoms with van der Waals surface area (Å²) in [7, 11) is 0. The Morgan fingerprint density at radius 1 is 1.09 bits per heavy atom. The fourth-order valence-corrected chi connectivity index (χ4v) is 2.28. The lowest BCUT2D eigenvalue weighted by molar-refractivity contribution is -0.138. The summed E-state index contributed by atoms with van der Waals surface area (Å²) in [5.74, 6) is -2.44. The van der Waals surface area contributed by atoms with Crippen molar-refractivity contribution in [3.8, 4) is 0 Å². The van der Waals surface area contributed by atoms with Crippen LogP contribution in [0.3, 0.4) is 0 Å². The number of rotatable bonds is 7. The number of aromatic carboxylic acids is 1. The first-order chi connectivity index (χ1) is 10.5. The molecule has 1 heterocycles. The average Bonchev–Trinajstić information content (AvgIpc) is 2.84. The highest BCUT2D eigenvalue weighted by Gasteiger charge is 2.16. The van der Waals surface area contributed by atoms with E-state index in [2.05, 4.69) is 10.3 Å². The van der Waals surface area contributed by atoms with Crippen LogP contribution in [0.15, 0.2) is 24.3 Å². The number of carbonyl (C=O) groups is 3. The van der Waals surface area contributed by atoms with Gasteiger partial charge in [-0.05, 0) is 18.1 Å². The van der Waals surface area contributed by atoms with Gasteiger partial charge in [0.1, 0.15) is 5.69 Å². The minimum absolute atomic E-state index is 0.0883. The molecule has 1 amide bonds. The third-order valence-corrected chi connectivity index (χ3v) is 3.29. The summed E-state index contributed by atoms with van der Waals surface area (Å²) in [5.41, 5.74) is 1.47. The van der Waals surface area contributed by atoms with E-state index in [1.165, 1.54) is 0 Å². The van der Waals surface area contributed by atoms with E-state index < -0.39 is 11.9 Å². The Morgan fingerprint density at radius 3 is 2.50 bits per heavy atom. The minimum Gasteiger partial charge on any atom is -0.481 e. The van der Waals surface area contributed by atoms with Crippen molar-refractivity contribution >= 4 is 28.7 Å². The number of aromatic amines is 1. The summed E-state index contributed by atoms with van der Waals surface area (Å²) in [4.78, 5) is 36.0. The molecule has 0 atom stereocenters. The maximum Gasteiger partial charge on any atom is 0.352 e. The van der Waals surface area contributed by atoms with E-state index >= 15 is 0 Å². The maximum absolute atomic E-state index is 11.5. The van der Waals surface area contributed by atoms with Crippen LogP contribution in [0.5, 0.6) is 0 Å². The van der Waals surface area contributed by atoms with Crippen LogP contribution in [0.25, 0.3) is 10.9 Å². The predicted octanol–water partition coefficient (Wildman–Crippen LogP) is 1.39. The molecule has 0 aliphatic heterocycles. The van der Waals surface area contributed by atoms with Gasteiger partial charge < -0.3 is 20.5 Å². The molecule has 1 aromatic heterocycles. The zero-order chi connectivity index (χ0) is 16.1. The largest absolute Gasteiger partial charge is 0.481 e. The second-order valence-corrected chi connectivity index (χ2v) is 4.82. The van der Waals surface area contributed by atoms with E-state index in [1.807, 2.05) is 18.2 Å². The van der Waals surface area contributed by atoms with Crippen LogP contribution in [0.4, 0.5) is 0 Å². The van der Waals surface area contributed by atoms with Crippen molar-refractivity contribution < 1.29 is 24.6 Å². The average molecular weight is 304 g/mol. The lowest BCUT2D eigenvalue weighted by atomic mass is 10.1. The van der Waals surface area contributed by atoms with Crippen molar-refractivity contribution in [2.24, 2.45) is 0 Å². The predicted molar refractivity (Wildman–Crippen MR) is 78.8 cm³/mol. The number of para-hydroxylation sites is 1. The molecule has 0 saturated heterocycles. The fraction of sp³-hybridized carbons (Fsp3) is 0.267. The Balaban J connectivity index is 2.04. The Morgan fingerprint density at radius 2 is 1.82 bits per heavy atom. The first-order valence-electron chi connectivity index (χ1n) is 6.80. The molecule has 7 nitrogen and oxygen atoms in total. The van der Waals surface area contributed by atoms with E-state index in [4.69, 9.17) is 5.11 Å². The highest BCUT2D eigenvalue weighted by atomic mass is 16.4. The lowest BCUT2D eigenvalue weighted by Crippen LogP contribution is -2.26. The third-order valence-electron chi connectivity index (χ3n) is 3.29. The summed E-state index contributed by atoms with van der Waals surface area (Å²) in [6.45, 7) is 0.251. The minimum atomic E-state index is -1.05. The van der Waals surface area contributed by atoms with Gasteiger partial charge in [-0.1, -0.05) is 18.2 Å². The lowest BCUT2D eigenvalue weighted by Gasteiger charge is -2.05. The van der Waals surface area contributed by atoms with Gasteiger partial charge in [0.2, 0.25) is 5.91 Å². The number of hydrogen-bond donors (Lipinski definition) is 4. The summed E-state index contributed by atoms with van der Waals surface area (Å²) in [6.07, 6.45) is 0.0404. The molecule has 0 radical (unpaired) electrons. The van der Waals surface area contributed by atoms with Crippen molar-refractivity contribution in [2.75, 3.05) is 6.54 Å². The summed E-state index contributed by atoms with van der Waals surface area (Å²) in [5, 5.41) is 21.1. The van der Waals surface area contributed by atoms with Gasteiger partial charge in [-0.25, -0.2) is 4.79 Å². The molecular formula is C15H16N2O5. The molecule has 0 unspecified atom stereocenters. The van der Waals surface area contributed by atoms with Crippen molar-refractivity contribution in [1.29, 1.82) is 0 Å². The van der Waals surface area contributed by atoms with E-state index in [0.29, 0.717) is 12.0 Å². The first-order valence-corrected chi connectivity index (χ1v) is 6.80. The SMILES string of the molecule is O=C(O)CCC(=O)NCCc1c(C(=O)O)[nH]c2ccccc12. The summed E-state index contributed by atoms with van der Waals surface area (Å²) in [6, 6.07) is 7.23. The quantitative estimate of drug-likeness (QED) is 0.616. The number of aliphatic carboxylic acids is 1. The molecule has 7 heteroatoms. The van der Waals surface area contributed by atoms with Gasteiger partial charge >= 0.3 is 11.9 Å². The molecule has 2 aromatic rings. The Kier molecular flexibility index (Phi) is 4.77. The van der Waals surface area contributed by atoms with E-state index in [-0.39, 0.29) is 31.0 Å². The number of H-pyrrole nitrogens is 1. The second-order valence-electron chi connectivity index (χ2n) is 4.82. The van der Waals surface area contributed by atoms with Crippen LogP contribution in [-0.2, 0) is 16.0 Å². The third kappa shape index (κ3) is 3.63. The second kappa shape index (κ2) is 6.75. The van der Waals surface area contributed by atoms with Crippen molar-refractivity contribution in [3.63, 3.8) is 0 Å². The number of fused-ring (bicyclic) bond motifs is 1. The standard InChI is InChI=1S/C15H16N2O5/c18-12(5-6-13(19)20)16-8-7-10-9-3-1-2-4-11(9)17-14(10)15(21)22/h1-4,17H,5-8H2,(H,16,18)(H,19,20)(H,21,22). The molecule has 1 aromatic carbocycles. The number of carboxylic acid groups (broad SMARTS) is 2. The number of carbonyl (C=O) groups excluding carboxylic acids is 1. The normalized spacial score (nSPS) is 10.5. The topological polar surface area (TPSA) is 119 Å². The Labute approximate surface area is 125 Å². The van der Waals surface area contributed by atoms with Crippen LogP contribution in [0, 0.1) is 0 Å². The number of nitrogens with one attached hydrogen (secondary N) is 2. The zero-order valence-corrected chi connectivity index (χ0v) is 11.8. The monoisotopic (exact) mass is 304 g/mol. The van der Waals surface area contributed by atoms with Gasteiger partial charge in [-0.3, -0.25) is 9.59 Å². The summed E-state index contributed by atoms with van der Waals surface area (Å²) < 4.78 is 0. The molecular weight excluding hydrogens is 288 g/mol. The molecule has 22 heavy (non-hydrogen) atoms. The number of aromatic nitrogens is 1. The van der Waals surface area contributed by atoms with Gasteiger partial charge in [0.25, 0.3) is 0 Å².